The van der Waals surface area contributed by atoms with Gasteiger partial charge in [-0.25, -0.2) is 13.1 Å². The number of fused-ring (bicyclic) bond motifs is 1. The molecule has 2 aliphatic rings. The van der Waals surface area contributed by atoms with E-state index in [0.29, 0.717) is 18.0 Å². The third-order valence-corrected chi connectivity index (χ3v) is 6.87. The first-order valence-electron chi connectivity index (χ1n) is 8.61. The van der Waals surface area contributed by atoms with Gasteiger partial charge in [0.2, 0.25) is 10.0 Å². The largest absolute Gasteiger partial charge is 0.343 e. The van der Waals surface area contributed by atoms with E-state index in [2.05, 4.69) is 10.3 Å². The van der Waals surface area contributed by atoms with Crippen LogP contribution in [-0.4, -0.2) is 65.7 Å². The Morgan fingerprint density at radius 3 is 2.65 bits per heavy atom. The fourth-order valence-corrected chi connectivity index (χ4v) is 4.99. The Morgan fingerprint density at radius 2 is 1.92 bits per heavy atom. The highest BCUT2D eigenvalue weighted by atomic mass is 32.2. The quantitative estimate of drug-likeness (QED) is 0.785. The van der Waals surface area contributed by atoms with Gasteiger partial charge in [-0.1, -0.05) is 11.3 Å². The molecule has 0 unspecified atom stereocenters. The number of hydrogen-bond donors (Lipinski definition) is 0. The van der Waals surface area contributed by atoms with Crippen molar-refractivity contribution < 1.29 is 13.2 Å². The molecular formula is C17H21N5O3S. The first kappa shape index (κ1) is 17.2. The predicted molar refractivity (Wildman–Crippen MR) is 94.3 cm³/mol. The van der Waals surface area contributed by atoms with Gasteiger partial charge in [0, 0.05) is 27.2 Å². The maximum Gasteiger partial charge on any atom is 0.275 e. The van der Waals surface area contributed by atoms with Gasteiger partial charge in [0.1, 0.15) is 0 Å². The van der Waals surface area contributed by atoms with E-state index >= 15 is 0 Å². The third kappa shape index (κ3) is 2.80. The molecule has 4 rings (SSSR count). The van der Waals surface area contributed by atoms with Crippen molar-refractivity contribution in [2.75, 3.05) is 27.2 Å². The van der Waals surface area contributed by atoms with E-state index < -0.39 is 10.0 Å². The lowest BCUT2D eigenvalue weighted by molar-refractivity contribution is 0.0821. The van der Waals surface area contributed by atoms with Gasteiger partial charge in [-0.05, 0) is 42.5 Å². The third-order valence-electron chi connectivity index (χ3n) is 5.05. The van der Waals surface area contributed by atoms with Crippen LogP contribution in [0.4, 0.5) is 0 Å². The van der Waals surface area contributed by atoms with E-state index in [1.165, 1.54) is 14.8 Å². The molecule has 138 valence electrons. The first-order chi connectivity index (χ1) is 12.4. The summed E-state index contributed by atoms with van der Waals surface area (Å²) in [6.45, 7) is 0.663. The molecule has 8 nitrogen and oxygen atoms in total. The molecule has 2 heterocycles. The van der Waals surface area contributed by atoms with Gasteiger partial charge < -0.3 is 4.90 Å². The summed E-state index contributed by atoms with van der Waals surface area (Å²) in [5.41, 5.74) is 2.66. The van der Waals surface area contributed by atoms with Crippen molar-refractivity contribution in [2.24, 2.45) is 0 Å². The zero-order valence-corrected chi connectivity index (χ0v) is 15.6. The number of sulfonamides is 1. The summed E-state index contributed by atoms with van der Waals surface area (Å²) in [4.78, 5) is 13.7. The number of aryl methyl sites for hydroxylation is 2. The van der Waals surface area contributed by atoms with Crippen molar-refractivity contribution >= 4 is 15.9 Å². The lowest BCUT2D eigenvalue weighted by Crippen LogP contribution is -2.50. The van der Waals surface area contributed by atoms with Crippen LogP contribution in [0.3, 0.4) is 0 Å². The van der Waals surface area contributed by atoms with Crippen LogP contribution >= 0.6 is 0 Å². The van der Waals surface area contributed by atoms with Crippen molar-refractivity contribution in [1.82, 2.24) is 24.2 Å². The monoisotopic (exact) mass is 375 g/mol. The van der Waals surface area contributed by atoms with E-state index in [9.17, 15) is 13.2 Å². The molecule has 1 aliphatic heterocycles. The maximum atomic E-state index is 12.8. The van der Waals surface area contributed by atoms with Gasteiger partial charge in [-0.3, -0.25) is 4.79 Å². The lowest BCUT2D eigenvalue weighted by atomic mass is 10.1. The topological polar surface area (TPSA) is 88.4 Å². The van der Waals surface area contributed by atoms with Gasteiger partial charge in [0.15, 0.2) is 5.69 Å². The van der Waals surface area contributed by atoms with E-state index in [1.807, 2.05) is 12.1 Å². The van der Waals surface area contributed by atoms with Crippen LogP contribution in [0.15, 0.2) is 29.3 Å². The Morgan fingerprint density at radius 1 is 1.19 bits per heavy atom. The number of carbonyl (C=O) groups excluding carboxylic acids is 1. The molecule has 1 saturated heterocycles. The van der Waals surface area contributed by atoms with Crippen LogP contribution in [0.5, 0.6) is 0 Å². The lowest BCUT2D eigenvalue weighted by Gasteiger charge is -2.37. The predicted octanol–water partition coefficient (Wildman–Crippen LogP) is 0.714. The van der Waals surface area contributed by atoms with E-state index in [4.69, 9.17) is 0 Å². The molecule has 1 aliphatic carbocycles. The number of nitrogens with zero attached hydrogens (tertiary/aromatic N) is 5. The van der Waals surface area contributed by atoms with Crippen molar-refractivity contribution in [2.45, 2.75) is 30.2 Å². The summed E-state index contributed by atoms with van der Waals surface area (Å²) in [5, 5.41) is 7.85. The van der Waals surface area contributed by atoms with Crippen molar-refractivity contribution in [3.8, 4) is 0 Å². The standard InChI is InChI=1S/C17H21N5O3S/c1-20(2)17(23)16-11-22(19-18-16)14-9-21(10-14)26(24,25)15-7-6-12-4-3-5-13(12)8-15/h6-8,11,14H,3-5,9-10H2,1-2H3. The summed E-state index contributed by atoms with van der Waals surface area (Å²) in [6.07, 6.45) is 4.64. The highest BCUT2D eigenvalue weighted by Crippen LogP contribution is 2.30. The summed E-state index contributed by atoms with van der Waals surface area (Å²) >= 11 is 0. The number of aromatic nitrogens is 3. The van der Waals surface area contributed by atoms with Crippen molar-refractivity contribution in [3.05, 3.63) is 41.2 Å². The molecule has 0 radical (unpaired) electrons. The Balaban J connectivity index is 1.46. The smallest absolute Gasteiger partial charge is 0.275 e. The molecule has 0 spiro atoms. The highest BCUT2D eigenvalue weighted by molar-refractivity contribution is 7.89. The molecule has 9 heteroatoms. The summed E-state index contributed by atoms with van der Waals surface area (Å²) < 4.78 is 28.7. The Labute approximate surface area is 152 Å². The second-order valence-electron chi connectivity index (χ2n) is 7.04. The molecule has 0 bridgehead atoms. The number of amides is 1. The summed E-state index contributed by atoms with van der Waals surface area (Å²) in [7, 11) is -0.194. The average Bonchev–Trinajstić information content (AvgIpc) is 3.20. The minimum absolute atomic E-state index is 0.101. The zero-order valence-electron chi connectivity index (χ0n) is 14.8. The number of benzene rings is 1. The molecule has 26 heavy (non-hydrogen) atoms. The molecule has 0 saturated carbocycles. The number of hydrogen-bond acceptors (Lipinski definition) is 5. The van der Waals surface area contributed by atoms with Crippen LogP contribution < -0.4 is 0 Å². The zero-order chi connectivity index (χ0) is 18.5. The fraction of sp³-hybridized carbons (Fsp3) is 0.471. The van der Waals surface area contributed by atoms with Gasteiger partial charge in [0.25, 0.3) is 5.91 Å². The minimum atomic E-state index is -3.49. The first-order valence-corrected chi connectivity index (χ1v) is 10.1. The summed E-state index contributed by atoms with van der Waals surface area (Å²) in [6, 6.07) is 5.35. The fourth-order valence-electron chi connectivity index (χ4n) is 3.42. The van der Waals surface area contributed by atoms with Gasteiger partial charge >= 0.3 is 0 Å². The van der Waals surface area contributed by atoms with Crippen LogP contribution in [0.25, 0.3) is 0 Å². The maximum absolute atomic E-state index is 12.8. The molecular weight excluding hydrogens is 354 g/mol. The van der Waals surface area contributed by atoms with Crippen molar-refractivity contribution in [1.29, 1.82) is 0 Å². The van der Waals surface area contributed by atoms with E-state index in [0.717, 1.165) is 24.8 Å². The average molecular weight is 375 g/mol. The minimum Gasteiger partial charge on any atom is -0.343 e. The van der Waals surface area contributed by atoms with Gasteiger partial charge in [0.05, 0.1) is 17.1 Å². The Hall–Kier alpha value is -2.26. The van der Waals surface area contributed by atoms with Gasteiger partial charge in [-0.2, -0.15) is 4.31 Å². The molecule has 1 aromatic heterocycles. The van der Waals surface area contributed by atoms with Crippen LogP contribution in [0.2, 0.25) is 0 Å². The highest BCUT2D eigenvalue weighted by Gasteiger charge is 2.39. The molecule has 0 N–H and O–H groups in total. The normalized spacial score (nSPS) is 17.8. The van der Waals surface area contributed by atoms with Crippen molar-refractivity contribution in [3.63, 3.8) is 0 Å². The van der Waals surface area contributed by atoms with Crippen LogP contribution in [-0.2, 0) is 22.9 Å². The molecule has 0 atom stereocenters. The van der Waals surface area contributed by atoms with E-state index in [-0.39, 0.29) is 17.6 Å². The second-order valence-corrected chi connectivity index (χ2v) is 8.98. The molecule has 1 amide bonds. The molecule has 2 aromatic rings. The Bertz CT molecular complexity index is 961. The number of carbonyl (C=O) groups is 1. The summed E-state index contributed by atoms with van der Waals surface area (Å²) in [5.74, 6) is -0.224. The molecule has 1 aromatic carbocycles. The second kappa shape index (κ2) is 6.17. The van der Waals surface area contributed by atoms with E-state index in [1.54, 1.807) is 31.0 Å². The van der Waals surface area contributed by atoms with Crippen LogP contribution in [0, 0.1) is 0 Å². The van der Waals surface area contributed by atoms with Gasteiger partial charge in [-0.15, -0.1) is 5.10 Å². The van der Waals surface area contributed by atoms with Crippen LogP contribution in [0.1, 0.15) is 34.1 Å². The SMILES string of the molecule is CN(C)C(=O)c1cn(C2CN(S(=O)(=O)c3ccc4c(c3)CCC4)C2)nn1. The molecule has 1 fully saturated rings. The number of rotatable bonds is 4. The Kier molecular flexibility index (Phi) is 4.07.